The minimum Gasteiger partial charge on any atom is -0.456 e. The molecule has 2 heterocycles. The molecule has 0 saturated heterocycles. The summed E-state index contributed by atoms with van der Waals surface area (Å²) in [5.41, 5.74) is 4.90. The number of fused-ring (bicyclic) bond motifs is 7. The first-order chi connectivity index (χ1) is 10.3. The van der Waals surface area contributed by atoms with E-state index in [0.717, 1.165) is 43.9 Å². The fourth-order valence-corrected chi connectivity index (χ4v) is 3.20. The third-order valence-corrected chi connectivity index (χ3v) is 4.13. The minimum absolute atomic E-state index is 0.910. The molecule has 0 bridgehead atoms. The number of hydrogen-bond acceptors (Lipinski definition) is 2. The molecule has 0 aliphatic heterocycles. The summed E-state index contributed by atoms with van der Waals surface area (Å²) in [6, 6.07) is 18.5. The Morgan fingerprint density at radius 1 is 0.619 bits per heavy atom. The molecule has 21 heavy (non-hydrogen) atoms. The summed E-state index contributed by atoms with van der Waals surface area (Å²) in [4.78, 5) is 0. The summed E-state index contributed by atoms with van der Waals surface area (Å²) in [6.07, 6.45) is 0. The van der Waals surface area contributed by atoms with E-state index in [4.69, 9.17) is 8.83 Å². The first-order valence-electron chi connectivity index (χ1n) is 7.04. The van der Waals surface area contributed by atoms with Crippen LogP contribution in [0.3, 0.4) is 0 Å². The van der Waals surface area contributed by atoms with Crippen molar-refractivity contribution in [2.45, 2.75) is 6.92 Å². The van der Waals surface area contributed by atoms with Crippen LogP contribution < -0.4 is 0 Å². The van der Waals surface area contributed by atoms with Gasteiger partial charge >= 0.3 is 0 Å². The molecule has 0 aliphatic carbocycles. The zero-order chi connectivity index (χ0) is 14.0. The van der Waals surface area contributed by atoms with Gasteiger partial charge < -0.3 is 8.83 Å². The SMILES string of the molecule is Cc1ccc2oc3ccc4oc5ccccc5c4c3c2c1. The average molecular weight is 272 g/mol. The number of rotatable bonds is 0. The molecule has 3 aromatic carbocycles. The Balaban J connectivity index is 2.16. The van der Waals surface area contributed by atoms with Crippen LogP contribution in [0.15, 0.2) is 63.4 Å². The fourth-order valence-electron chi connectivity index (χ4n) is 3.20. The second kappa shape index (κ2) is 3.67. The summed E-state index contributed by atoms with van der Waals surface area (Å²) in [5.74, 6) is 0. The molecule has 100 valence electrons. The Morgan fingerprint density at radius 3 is 2.05 bits per heavy atom. The molecule has 0 amide bonds. The van der Waals surface area contributed by atoms with Crippen molar-refractivity contribution in [1.29, 1.82) is 0 Å². The van der Waals surface area contributed by atoms with E-state index in [1.807, 2.05) is 36.4 Å². The van der Waals surface area contributed by atoms with Crippen molar-refractivity contribution in [3.8, 4) is 0 Å². The summed E-state index contributed by atoms with van der Waals surface area (Å²) in [5, 5.41) is 4.59. The predicted octanol–water partition coefficient (Wildman–Crippen LogP) is 5.79. The molecule has 0 atom stereocenters. The van der Waals surface area contributed by atoms with Crippen molar-refractivity contribution >= 4 is 43.9 Å². The first-order valence-corrected chi connectivity index (χ1v) is 7.04. The minimum atomic E-state index is 0.910. The van der Waals surface area contributed by atoms with Crippen LogP contribution in [0.1, 0.15) is 5.56 Å². The van der Waals surface area contributed by atoms with Gasteiger partial charge in [0.1, 0.15) is 22.3 Å². The van der Waals surface area contributed by atoms with Crippen molar-refractivity contribution in [2.75, 3.05) is 0 Å². The van der Waals surface area contributed by atoms with Gasteiger partial charge in [0.15, 0.2) is 0 Å². The standard InChI is InChI=1S/C19H12O2/c1-11-6-7-15-13(10-11)19-17(21-15)9-8-16-18(19)12-4-2-3-5-14(12)20-16/h2-10H,1H3. The Labute approximate surface area is 120 Å². The maximum Gasteiger partial charge on any atom is 0.136 e. The first kappa shape index (κ1) is 11.0. The maximum atomic E-state index is 5.99. The van der Waals surface area contributed by atoms with Crippen LogP contribution in [0.2, 0.25) is 0 Å². The number of benzene rings is 3. The highest BCUT2D eigenvalue weighted by molar-refractivity contribution is 6.25. The van der Waals surface area contributed by atoms with E-state index in [9.17, 15) is 0 Å². The molecule has 2 nitrogen and oxygen atoms in total. The van der Waals surface area contributed by atoms with Crippen LogP contribution in [-0.2, 0) is 0 Å². The van der Waals surface area contributed by atoms with Crippen LogP contribution in [-0.4, -0.2) is 0 Å². The second-order valence-corrected chi connectivity index (χ2v) is 5.51. The van der Waals surface area contributed by atoms with E-state index < -0.39 is 0 Å². The quantitative estimate of drug-likeness (QED) is 0.356. The number of aryl methyl sites for hydroxylation is 1. The normalized spacial score (nSPS) is 12.0. The third-order valence-electron chi connectivity index (χ3n) is 4.13. The van der Waals surface area contributed by atoms with Gasteiger partial charge in [-0.05, 0) is 37.3 Å². The zero-order valence-corrected chi connectivity index (χ0v) is 11.5. The number of para-hydroxylation sites is 1. The van der Waals surface area contributed by atoms with Crippen molar-refractivity contribution in [2.24, 2.45) is 0 Å². The Hall–Kier alpha value is -2.74. The van der Waals surface area contributed by atoms with E-state index in [0.29, 0.717) is 0 Å². The molecule has 0 unspecified atom stereocenters. The summed E-state index contributed by atoms with van der Waals surface area (Å²) in [7, 11) is 0. The molecular weight excluding hydrogens is 260 g/mol. The Kier molecular flexibility index (Phi) is 1.92. The molecule has 0 aliphatic rings. The van der Waals surface area contributed by atoms with Crippen molar-refractivity contribution in [3.63, 3.8) is 0 Å². The van der Waals surface area contributed by atoms with Crippen molar-refractivity contribution in [3.05, 3.63) is 60.2 Å². The summed E-state index contributed by atoms with van der Waals surface area (Å²) < 4.78 is 12.0. The van der Waals surface area contributed by atoms with E-state index in [1.165, 1.54) is 5.56 Å². The van der Waals surface area contributed by atoms with Gasteiger partial charge in [-0.2, -0.15) is 0 Å². The van der Waals surface area contributed by atoms with Gasteiger partial charge in [-0.3, -0.25) is 0 Å². The lowest BCUT2D eigenvalue weighted by atomic mass is 10.0. The lowest BCUT2D eigenvalue weighted by Crippen LogP contribution is -1.72. The van der Waals surface area contributed by atoms with Crippen LogP contribution in [0.4, 0.5) is 0 Å². The molecular formula is C19H12O2. The zero-order valence-electron chi connectivity index (χ0n) is 11.5. The molecule has 0 N–H and O–H groups in total. The second-order valence-electron chi connectivity index (χ2n) is 5.51. The van der Waals surface area contributed by atoms with Crippen LogP contribution in [0.5, 0.6) is 0 Å². The molecule has 0 spiro atoms. The van der Waals surface area contributed by atoms with Gasteiger partial charge in [0, 0.05) is 21.5 Å². The molecule has 0 radical (unpaired) electrons. The van der Waals surface area contributed by atoms with Crippen molar-refractivity contribution in [1.82, 2.24) is 0 Å². The van der Waals surface area contributed by atoms with Crippen LogP contribution in [0, 0.1) is 6.92 Å². The highest BCUT2D eigenvalue weighted by Gasteiger charge is 2.15. The predicted molar refractivity (Wildman–Crippen MR) is 85.7 cm³/mol. The molecule has 0 fully saturated rings. The van der Waals surface area contributed by atoms with E-state index in [1.54, 1.807) is 0 Å². The lowest BCUT2D eigenvalue weighted by Gasteiger charge is -1.94. The van der Waals surface area contributed by atoms with E-state index in [-0.39, 0.29) is 0 Å². The van der Waals surface area contributed by atoms with Gasteiger partial charge in [-0.15, -0.1) is 0 Å². The van der Waals surface area contributed by atoms with E-state index in [2.05, 4.69) is 25.1 Å². The van der Waals surface area contributed by atoms with Gasteiger partial charge in [-0.1, -0.05) is 29.8 Å². The highest BCUT2D eigenvalue weighted by atomic mass is 16.3. The molecule has 5 aromatic rings. The summed E-state index contributed by atoms with van der Waals surface area (Å²) in [6.45, 7) is 2.10. The maximum absolute atomic E-state index is 5.99. The number of hydrogen-bond donors (Lipinski definition) is 0. The van der Waals surface area contributed by atoms with Gasteiger partial charge in [0.05, 0.1) is 0 Å². The summed E-state index contributed by atoms with van der Waals surface area (Å²) >= 11 is 0. The highest BCUT2D eigenvalue weighted by Crippen LogP contribution is 2.39. The third kappa shape index (κ3) is 1.37. The molecule has 5 rings (SSSR count). The van der Waals surface area contributed by atoms with Crippen molar-refractivity contribution < 1.29 is 8.83 Å². The lowest BCUT2D eigenvalue weighted by molar-refractivity contribution is 0.663. The Morgan fingerprint density at radius 2 is 1.24 bits per heavy atom. The van der Waals surface area contributed by atoms with Gasteiger partial charge in [0.2, 0.25) is 0 Å². The van der Waals surface area contributed by atoms with Crippen LogP contribution in [0.25, 0.3) is 43.9 Å². The van der Waals surface area contributed by atoms with E-state index >= 15 is 0 Å². The fraction of sp³-hybridized carbons (Fsp3) is 0.0526. The average Bonchev–Trinajstić information content (AvgIpc) is 3.04. The monoisotopic (exact) mass is 272 g/mol. The largest absolute Gasteiger partial charge is 0.456 e. The smallest absolute Gasteiger partial charge is 0.136 e. The van der Waals surface area contributed by atoms with Gasteiger partial charge in [-0.25, -0.2) is 0 Å². The molecule has 2 aromatic heterocycles. The Bertz CT molecular complexity index is 1140. The topological polar surface area (TPSA) is 26.3 Å². The number of furan rings is 2. The van der Waals surface area contributed by atoms with Crippen LogP contribution >= 0.6 is 0 Å². The molecule has 2 heteroatoms. The van der Waals surface area contributed by atoms with Gasteiger partial charge in [0.25, 0.3) is 0 Å². The molecule has 0 saturated carbocycles.